The summed E-state index contributed by atoms with van der Waals surface area (Å²) in [6, 6.07) is 7.40. The third-order valence-electron chi connectivity index (χ3n) is 5.70. The molecule has 0 N–H and O–H groups in total. The van der Waals surface area contributed by atoms with Crippen LogP contribution in [-0.2, 0) is 11.2 Å². The van der Waals surface area contributed by atoms with Crippen LogP contribution in [0.4, 0.5) is 0 Å². The first kappa shape index (κ1) is 21.9. The summed E-state index contributed by atoms with van der Waals surface area (Å²) < 4.78 is 6.99. The van der Waals surface area contributed by atoms with Crippen molar-refractivity contribution in [2.45, 2.75) is 44.7 Å². The number of carbonyl (C=O) groups excluding carboxylic acids is 1. The second kappa shape index (κ2) is 9.44. The lowest BCUT2D eigenvalue weighted by Gasteiger charge is -2.26. The Morgan fingerprint density at radius 2 is 2.03 bits per heavy atom. The average molecular weight is 458 g/mol. The maximum atomic E-state index is 13.6. The zero-order valence-electron chi connectivity index (χ0n) is 18.1. The topological polar surface area (TPSA) is 64.4 Å². The number of likely N-dealkylation sites (tertiary alicyclic amines) is 1. The summed E-state index contributed by atoms with van der Waals surface area (Å²) in [6.07, 6.45) is 4.16. The van der Waals surface area contributed by atoms with Crippen molar-refractivity contribution in [1.29, 1.82) is 0 Å². The Bertz CT molecular complexity index is 1160. The molecule has 1 amide bonds. The normalized spacial score (nSPS) is 14.2. The molecule has 0 saturated carbocycles. The van der Waals surface area contributed by atoms with Crippen LogP contribution in [0.2, 0.25) is 0 Å². The van der Waals surface area contributed by atoms with Gasteiger partial charge in [-0.15, -0.1) is 11.3 Å². The third-order valence-corrected chi connectivity index (χ3v) is 7.95. The van der Waals surface area contributed by atoms with Crippen LogP contribution in [0.25, 0.3) is 15.9 Å². The van der Waals surface area contributed by atoms with Gasteiger partial charge in [0.1, 0.15) is 10.6 Å². The van der Waals surface area contributed by atoms with E-state index in [4.69, 9.17) is 9.72 Å². The molecule has 1 aliphatic rings. The molecular formula is C23H27N3O3S2. The van der Waals surface area contributed by atoms with Crippen LogP contribution in [0.5, 0.6) is 5.75 Å². The monoisotopic (exact) mass is 457 g/mol. The van der Waals surface area contributed by atoms with E-state index < -0.39 is 0 Å². The minimum absolute atomic E-state index is 0.0976. The number of ether oxygens (including phenoxy) is 1. The molecule has 4 rings (SSSR count). The number of aromatic nitrogens is 2. The van der Waals surface area contributed by atoms with E-state index in [1.165, 1.54) is 23.1 Å². The largest absolute Gasteiger partial charge is 0.497 e. The van der Waals surface area contributed by atoms with Gasteiger partial charge in [-0.3, -0.25) is 14.2 Å². The van der Waals surface area contributed by atoms with E-state index in [-0.39, 0.29) is 17.2 Å². The van der Waals surface area contributed by atoms with Gasteiger partial charge in [0.2, 0.25) is 5.91 Å². The van der Waals surface area contributed by atoms with E-state index in [1.54, 1.807) is 23.0 Å². The SMILES string of the molecule is CCc1sc2nc(SCC(=O)N3CCCCC3)n(-c3cccc(OC)c3)c(=O)c2c1C. The zero-order valence-corrected chi connectivity index (χ0v) is 19.8. The summed E-state index contributed by atoms with van der Waals surface area (Å²) >= 11 is 2.90. The molecule has 3 aromatic rings. The smallest absolute Gasteiger partial charge is 0.267 e. The number of benzene rings is 1. The highest BCUT2D eigenvalue weighted by molar-refractivity contribution is 7.99. The highest BCUT2D eigenvalue weighted by Gasteiger charge is 2.21. The molecule has 1 aromatic carbocycles. The maximum Gasteiger partial charge on any atom is 0.267 e. The first-order valence-electron chi connectivity index (χ1n) is 10.6. The summed E-state index contributed by atoms with van der Waals surface area (Å²) in [5.41, 5.74) is 1.59. The van der Waals surface area contributed by atoms with Gasteiger partial charge in [-0.25, -0.2) is 4.98 Å². The van der Waals surface area contributed by atoms with Crippen LogP contribution in [-0.4, -0.2) is 46.3 Å². The molecule has 31 heavy (non-hydrogen) atoms. The van der Waals surface area contributed by atoms with Crippen LogP contribution < -0.4 is 10.3 Å². The first-order chi connectivity index (χ1) is 15.0. The van der Waals surface area contributed by atoms with Gasteiger partial charge in [-0.05, 0) is 50.3 Å². The fourth-order valence-corrected chi connectivity index (χ4v) is 6.06. The van der Waals surface area contributed by atoms with Crippen LogP contribution in [0.15, 0.2) is 34.2 Å². The lowest BCUT2D eigenvalue weighted by molar-refractivity contribution is -0.129. The lowest BCUT2D eigenvalue weighted by Crippen LogP contribution is -2.36. The van der Waals surface area contributed by atoms with Crippen molar-refractivity contribution in [3.8, 4) is 11.4 Å². The summed E-state index contributed by atoms with van der Waals surface area (Å²) in [5.74, 6) is 1.04. The number of amides is 1. The predicted octanol–water partition coefficient (Wildman–Crippen LogP) is 4.43. The molecule has 0 atom stereocenters. The van der Waals surface area contributed by atoms with Gasteiger partial charge in [-0.1, -0.05) is 24.8 Å². The van der Waals surface area contributed by atoms with E-state index in [9.17, 15) is 9.59 Å². The molecule has 0 aliphatic carbocycles. The minimum Gasteiger partial charge on any atom is -0.497 e. The molecule has 0 radical (unpaired) electrons. The van der Waals surface area contributed by atoms with Gasteiger partial charge in [0.15, 0.2) is 5.16 Å². The van der Waals surface area contributed by atoms with Crippen LogP contribution >= 0.6 is 23.1 Å². The maximum absolute atomic E-state index is 13.6. The van der Waals surface area contributed by atoms with E-state index in [0.29, 0.717) is 22.0 Å². The number of aryl methyl sites for hydroxylation is 2. The Balaban J connectivity index is 1.78. The van der Waals surface area contributed by atoms with E-state index in [2.05, 4.69) is 6.92 Å². The van der Waals surface area contributed by atoms with Crippen LogP contribution in [0.3, 0.4) is 0 Å². The zero-order chi connectivity index (χ0) is 22.0. The number of thiophene rings is 1. The number of hydrogen-bond acceptors (Lipinski definition) is 6. The Hall–Kier alpha value is -2.32. The summed E-state index contributed by atoms with van der Waals surface area (Å²) in [6.45, 7) is 5.71. The number of hydrogen-bond donors (Lipinski definition) is 0. The third kappa shape index (κ3) is 4.36. The number of nitrogens with zero attached hydrogens (tertiary/aromatic N) is 3. The highest BCUT2D eigenvalue weighted by atomic mass is 32.2. The van der Waals surface area contributed by atoms with Gasteiger partial charge in [0.05, 0.1) is 23.9 Å². The predicted molar refractivity (Wildman–Crippen MR) is 127 cm³/mol. The molecule has 1 saturated heterocycles. The molecule has 8 heteroatoms. The van der Waals surface area contributed by atoms with Gasteiger partial charge in [0, 0.05) is 24.0 Å². The molecule has 0 spiro atoms. The molecule has 1 aliphatic heterocycles. The Morgan fingerprint density at radius 3 is 2.74 bits per heavy atom. The molecule has 3 heterocycles. The molecule has 1 fully saturated rings. The molecule has 0 unspecified atom stereocenters. The standard InChI is InChI=1S/C23H27N3O3S2/c1-4-18-15(2)20-21(31-18)24-23(30-14-19(27)25-11-6-5-7-12-25)26(22(20)28)16-9-8-10-17(13-16)29-3/h8-10,13H,4-7,11-12,14H2,1-3H3. The Kier molecular flexibility index (Phi) is 6.67. The van der Waals surface area contributed by atoms with Gasteiger partial charge >= 0.3 is 0 Å². The molecule has 6 nitrogen and oxygen atoms in total. The van der Waals surface area contributed by atoms with Crippen molar-refractivity contribution in [3.05, 3.63) is 45.1 Å². The number of rotatable bonds is 6. The summed E-state index contributed by atoms with van der Waals surface area (Å²) in [7, 11) is 1.60. The average Bonchev–Trinajstić information content (AvgIpc) is 3.13. The lowest BCUT2D eigenvalue weighted by atomic mass is 10.1. The van der Waals surface area contributed by atoms with Crippen molar-refractivity contribution in [1.82, 2.24) is 14.5 Å². The van der Waals surface area contributed by atoms with Crippen LogP contribution in [0, 0.1) is 6.92 Å². The Morgan fingerprint density at radius 1 is 1.26 bits per heavy atom. The first-order valence-corrected chi connectivity index (χ1v) is 12.4. The second-order valence-electron chi connectivity index (χ2n) is 7.65. The Labute approximate surface area is 190 Å². The van der Waals surface area contributed by atoms with Crippen LogP contribution in [0.1, 0.15) is 36.6 Å². The van der Waals surface area contributed by atoms with Gasteiger partial charge < -0.3 is 9.64 Å². The van der Waals surface area contributed by atoms with Crippen molar-refractivity contribution in [2.75, 3.05) is 26.0 Å². The van der Waals surface area contributed by atoms with E-state index in [1.807, 2.05) is 36.1 Å². The number of fused-ring (bicyclic) bond motifs is 1. The van der Waals surface area contributed by atoms with E-state index in [0.717, 1.165) is 42.7 Å². The number of carbonyl (C=O) groups is 1. The number of thioether (sulfide) groups is 1. The van der Waals surface area contributed by atoms with Crippen molar-refractivity contribution >= 4 is 39.2 Å². The number of methoxy groups -OCH3 is 1. The minimum atomic E-state index is -0.0976. The van der Waals surface area contributed by atoms with E-state index >= 15 is 0 Å². The van der Waals surface area contributed by atoms with Gasteiger partial charge in [-0.2, -0.15) is 0 Å². The van der Waals surface area contributed by atoms with Crippen molar-refractivity contribution < 1.29 is 9.53 Å². The fraction of sp³-hybridized carbons (Fsp3) is 0.435. The highest BCUT2D eigenvalue weighted by Crippen LogP contribution is 2.31. The van der Waals surface area contributed by atoms with Crippen molar-refractivity contribution in [3.63, 3.8) is 0 Å². The number of piperidine rings is 1. The summed E-state index contributed by atoms with van der Waals surface area (Å²) in [5, 5.41) is 1.20. The summed E-state index contributed by atoms with van der Waals surface area (Å²) in [4.78, 5) is 35.1. The molecule has 0 bridgehead atoms. The molecule has 164 valence electrons. The van der Waals surface area contributed by atoms with Gasteiger partial charge in [0.25, 0.3) is 5.56 Å². The fourth-order valence-electron chi connectivity index (χ4n) is 3.98. The molecular weight excluding hydrogens is 430 g/mol. The molecule has 2 aromatic heterocycles. The second-order valence-corrected chi connectivity index (χ2v) is 9.68. The van der Waals surface area contributed by atoms with Crippen molar-refractivity contribution in [2.24, 2.45) is 0 Å². The quantitative estimate of drug-likeness (QED) is 0.405.